The average Bonchev–Trinajstić information content (AvgIpc) is 3.17. The van der Waals surface area contributed by atoms with Crippen LogP contribution in [0.1, 0.15) is 32.8 Å². The number of hydrogen-bond acceptors (Lipinski definition) is 3. The Morgan fingerprint density at radius 3 is 2.70 bits per heavy atom. The lowest BCUT2D eigenvalue weighted by Gasteiger charge is -2.18. The number of nitrogens with one attached hydrogen (secondary N) is 2. The summed E-state index contributed by atoms with van der Waals surface area (Å²) in [5, 5.41) is 6.70. The molecule has 0 bridgehead atoms. The molecule has 0 aromatic heterocycles. The fourth-order valence-corrected chi connectivity index (χ4v) is 2.75. The van der Waals surface area contributed by atoms with Crippen molar-refractivity contribution in [1.82, 2.24) is 10.6 Å². The highest BCUT2D eigenvalue weighted by Gasteiger charge is 2.07. The van der Waals surface area contributed by atoms with E-state index >= 15 is 0 Å². The van der Waals surface area contributed by atoms with Gasteiger partial charge in [0.2, 0.25) is 0 Å². The van der Waals surface area contributed by atoms with Gasteiger partial charge in [-0.15, -0.1) is 24.0 Å². The summed E-state index contributed by atoms with van der Waals surface area (Å²) in [5.41, 5.74) is 2.50. The molecule has 0 spiro atoms. The first kappa shape index (κ1) is 23.8. The van der Waals surface area contributed by atoms with Crippen LogP contribution in [0, 0.1) is 5.92 Å². The molecule has 0 saturated heterocycles. The summed E-state index contributed by atoms with van der Waals surface area (Å²) >= 11 is 0. The van der Waals surface area contributed by atoms with Crippen molar-refractivity contribution in [3.63, 3.8) is 0 Å². The maximum Gasteiger partial charge on any atom is 0.191 e. The third-order valence-corrected chi connectivity index (χ3v) is 4.07. The van der Waals surface area contributed by atoms with Crippen molar-refractivity contribution < 1.29 is 4.74 Å². The number of hydrogen-bond donors (Lipinski definition) is 2. The Morgan fingerprint density at radius 2 is 2.00 bits per heavy atom. The number of halogens is 1. The smallest absolute Gasteiger partial charge is 0.191 e. The van der Waals surface area contributed by atoms with Crippen LogP contribution in [0.2, 0.25) is 0 Å². The molecular formula is C21H35IN4O. The van der Waals surface area contributed by atoms with Crippen LogP contribution in [0.5, 0.6) is 0 Å². The Bertz CT molecular complexity index is 581. The molecule has 6 heteroatoms. The lowest BCUT2D eigenvalue weighted by Crippen LogP contribution is -2.38. The van der Waals surface area contributed by atoms with Crippen LogP contribution >= 0.6 is 24.0 Å². The van der Waals surface area contributed by atoms with Crippen molar-refractivity contribution in [1.29, 1.82) is 0 Å². The fraction of sp³-hybridized carbons (Fsp3) is 0.571. The van der Waals surface area contributed by atoms with E-state index in [0.29, 0.717) is 12.5 Å². The lowest BCUT2D eigenvalue weighted by molar-refractivity contribution is 0.108. The van der Waals surface area contributed by atoms with Gasteiger partial charge in [-0.1, -0.05) is 38.1 Å². The van der Waals surface area contributed by atoms with Gasteiger partial charge in [0, 0.05) is 45.1 Å². The molecular weight excluding hydrogens is 451 g/mol. The molecule has 0 radical (unpaired) electrons. The van der Waals surface area contributed by atoms with Gasteiger partial charge in [-0.2, -0.15) is 0 Å². The Balaban J connectivity index is 0.00000364. The minimum atomic E-state index is 0. The van der Waals surface area contributed by atoms with Crippen LogP contribution in [-0.4, -0.2) is 45.4 Å². The minimum Gasteiger partial charge on any atom is -0.381 e. The Kier molecular flexibility index (Phi) is 12.2. The lowest BCUT2D eigenvalue weighted by atomic mass is 10.2. The summed E-state index contributed by atoms with van der Waals surface area (Å²) in [6.45, 7) is 12.4. The van der Waals surface area contributed by atoms with E-state index in [4.69, 9.17) is 9.73 Å². The van der Waals surface area contributed by atoms with Crippen LogP contribution in [-0.2, 0) is 11.3 Å². The molecule has 1 aromatic carbocycles. The van der Waals surface area contributed by atoms with Gasteiger partial charge in [0.1, 0.15) is 0 Å². The molecule has 2 rings (SSSR count). The van der Waals surface area contributed by atoms with Crippen molar-refractivity contribution in [2.75, 3.05) is 44.3 Å². The molecule has 2 N–H and O–H groups in total. The van der Waals surface area contributed by atoms with Crippen LogP contribution in [0.4, 0.5) is 5.69 Å². The normalized spacial score (nSPS) is 13.8. The van der Waals surface area contributed by atoms with E-state index in [2.05, 4.69) is 72.7 Å². The Labute approximate surface area is 181 Å². The number of anilines is 1. The predicted molar refractivity (Wildman–Crippen MR) is 126 cm³/mol. The van der Waals surface area contributed by atoms with Gasteiger partial charge in [-0.05, 0) is 37.0 Å². The van der Waals surface area contributed by atoms with Crippen LogP contribution in [0.25, 0.3) is 0 Å². The SMILES string of the molecule is CCNC(=NCc1cccc(N2CC=CC2)c1)NCCCOCC(C)C.I. The molecule has 1 aromatic rings. The van der Waals surface area contributed by atoms with Crippen LogP contribution < -0.4 is 15.5 Å². The molecule has 0 fully saturated rings. The van der Waals surface area contributed by atoms with E-state index in [9.17, 15) is 0 Å². The highest BCUT2D eigenvalue weighted by molar-refractivity contribution is 14.0. The molecule has 1 aliphatic rings. The van der Waals surface area contributed by atoms with Crippen molar-refractivity contribution >= 4 is 35.6 Å². The van der Waals surface area contributed by atoms with Crippen LogP contribution in [0.15, 0.2) is 41.4 Å². The standard InChI is InChI=1S/C21H34N4O.HI/c1-4-22-21(23-11-8-14-26-17-18(2)3)24-16-19-9-7-10-20(15-19)25-12-5-6-13-25;/h5-7,9-10,15,18H,4,8,11-14,16-17H2,1-3H3,(H2,22,23,24);1H. The van der Waals surface area contributed by atoms with E-state index < -0.39 is 0 Å². The summed E-state index contributed by atoms with van der Waals surface area (Å²) in [4.78, 5) is 7.07. The summed E-state index contributed by atoms with van der Waals surface area (Å²) in [7, 11) is 0. The molecule has 1 heterocycles. The number of rotatable bonds is 10. The van der Waals surface area contributed by atoms with Gasteiger partial charge >= 0.3 is 0 Å². The number of aliphatic imine (C=N–C) groups is 1. The van der Waals surface area contributed by atoms with Gasteiger partial charge in [0.25, 0.3) is 0 Å². The highest BCUT2D eigenvalue weighted by atomic mass is 127. The molecule has 27 heavy (non-hydrogen) atoms. The van der Waals surface area contributed by atoms with Gasteiger partial charge in [0.15, 0.2) is 5.96 Å². The van der Waals surface area contributed by atoms with E-state index in [-0.39, 0.29) is 24.0 Å². The third kappa shape index (κ3) is 9.46. The molecule has 0 amide bonds. The average molecular weight is 486 g/mol. The molecule has 152 valence electrons. The van der Waals surface area contributed by atoms with Crippen molar-refractivity contribution in [3.8, 4) is 0 Å². The zero-order valence-electron chi connectivity index (χ0n) is 16.9. The van der Waals surface area contributed by atoms with Crippen molar-refractivity contribution in [2.24, 2.45) is 10.9 Å². The second-order valence-electron chi connectivity index (χ2n) is 6.99. The number of benzene rings is 1. The monoisotopic (exact) mass is 486 g/mol. The molecule has 0 saturated carbocycles. The molecule has 1 aliphatic heterocycles. The zero-order valence-corrected chi connectivity index (χ0v) is 19.2. The summed E-state index contributed by atoms with van der Waals surface area (Å²) in [6, 6.07) is 8.66. The first-order chi connectivity index (χ1) is 12.7. The van der Waals surface area contributed by atoms with Gasteiger partial charge in [-0.25, -0.2) is 4.99 Å². The Hall–Kier alpha value is -1.28. The summed E-state index contributed by atoms with van der Waals surface area (Å²) in [5.74, 6) is 1.46. The maximum absolute atomic E-state index is 5.62. The third-order valence-electron chi connectivity index (χ3n) is 4.07. The molecule has 5 nitrogen and oxygen atoms in total. The Morgan fingerprint density at radius 1 is 1.22 bits per heavy atom. The van der Waals surface area contributed by atoms with Crippen molar-refractivity contribution in [2.45, 2.75) is 33.7 Å². The number of nitrogens with zero attached hydrogens (tertiary/aromatic N) is 2. The van der Waals surface area contributed by atoms with Crippen molar-refractivity contribution in [3.05, 3.63) is 42.0 Å². The van der Waals surface area contributed by atoms with Gasteiger partial charge in [0.05, 0.1) is 6.54 Å². The van der Waals surface area contributed by atoms with E-state index in [1.807, 2.05) is 0 Å². The van der Waals surface area contributed by atoms with E-state index in [1.54, 1.807) is 0 Å². The highest BCUT2D eigenvalue weighted by Crippen LogP contribution is 2.18. The predicted octanol–water partition coefficient (Wildman–Crippen LogP) is 3.80. The summed E-state index contributed by atoms with van der Waals surface area (Å²) in [6.07, 6.45) is 5.40. The first-order valence-electron chi connectivity index (χ1n) is 9.78. The second kappa shape index (κ2) is 13.8. The zero-order chi connectivity index (χ0) is 18.6. The molecule has 0 unspecified atom stereocenters. The first-order valence-corrected chi connectivity index (χ1v) is 9.78. The maximum atomic E-state index is 5.62. The molecule has 0 atom stereocenters. The largest absolute Gasteiger partial charge is 0.381 e. The fourth-order valence-electron chi connectivity index (χ4n) is 2.75. The van der Waals surface area contributed by atoms with Gasteiger partial charge in [-0.3, -0.25) is 0 Å². The minimum absolute atomic E-state index is 0. The van der Waals surface area contributed by atoms with Crippen LogP contribution in [0.3, 0.4) is 0 Å². The van der Waals surface area contributed by atoms with E-state index in [1.165, 1.54) is 11.3 Å². The van der Waals surface area contributed by atoms with Gasteiger partial charge < -0.3 is 20.3 Å². The quantitative estimate of drug-likeness (QED) is 0.174. The number of guanidine groups is 1. The van der Waals surface area contributed by atoms with E-state index in [0.717, 1.165) is 51.8 Å². The second-order valence-corrected chi connectivity index (χ2v) is 6.99. The topological polar surface area (TPSA) is 48.9 Å². The molecule has 0 aliphatic carbocycles. The summed E-state index contributed by atoms with van der Waals surface area (Å²) < 4.78 is 5.62. The number of ether oxygens (including phenoxy) is 1.